The second kappa shape index (κ2) is 6.72. The molecule has 4 aromatic rings. The Morgan fingerprint density at radius 2 is 1.96 bits per heavy atom. The minimum atomic E-state index is -0.192. The maximum absolute atomic E-state index is 6.23. The maximum atomic E-state index is 6.23. The van der Waals surface area contributed by atoms with E-state index in [1.807, 2.05) is 56.3 Å². The van der Waals surface area contributed by atoms with Gasteiger partial charge in [0.2, 0.25) is 0 Å². The summed E-state index contributed by atoms with van der Waals surface area (Å²) in [6.07, 6.45) is 3.28. The number of hydrogen-bond acceptors (Lipinski definition) is 5. The Morgan fingerprint density at radius 3 is 2.73 bits per heavy atom. The van der Waals surface area contributed by atoms with Crippen molar-refractivity contribution in [3.8, 4) is 0 Å². The summed E-state index contributed by atoms with van der Waals surface area (Å²) >= 11 is 6.23. The van der Waals surface area contributed by atoms with E-state index in [4.69, 9.17) is 11.6 Å². The highest BCUT2D eigenvalue weighted by Gasteiger charge is 2.20. The summed E-state index contributed by atoms with van der Waals surface area (Å²) in [5, 5.41) is 8.57. The van der Waals surface area contributed by atoms with Gasteiger partial charge in [0.25, 0.3) is 5.78 Å². The SMILES string of the molecule is Cc1nc2ncnn2c(NC(c2cccc(Cl)c2)c2ccccn2)c1C. The predicted molar refractivity (Wildman–Crippen MR) is 101 cm³/mol. The average molecular weight is 365 g/mol. The van der Waals surface area contributed by atoms with Crippen LogP contribution in [-0.4, -0.2) is 24.6 Å². The lowest BCUT2D eigenvalue weighted by molar-refractivity contribution is 0.836. The Balaban J connectivity index is 1.86. The zero-order chi connectivity index (χ0) is 18.1. The molecule has 0 radical (unpaired) electrons. The van der Waals surface area contributed by atoms with Gasteiger partial charge in [-0.25, -0.2) is 4.98 Å². The van der Waals surface area contributed by atoms with Gasteiger partial charge in [0, 0.05) is 22.5 Å². The van der Waals surface area contributed by atoms with Crippen LogP contribution in [0.4, 0.5) is 5.82 Å². The van der Waals surface area contributed by atoms with Crippen molar-refractivity contribution in [2.24, 2.45) is 0 Å². The Labute approximate surface area is 155 Å². The van der Waals surface area contributed by atoms with Crippen molar-refractivity contribution in [3.05, 3.63) is 82.5 Å². The monoisotopic (exact) mass is 364 g/mol. The molecule has 0 aliphatic rings. The summed E-state index contributed by atoms with van der Waals surface area (Å²) in [6, 6.07) is 13.4. The van der Waals surface area contributed by atoms with Crippen molar-refractivity contribution >= 4 is 23.2 Å². The lowest BCUT2D eigenvalue weighted by Crippen LogP contribution is -2.18. The van der Waals surface area contributed by atoms with E-state index < -0.39 is 0 Å². The second-order valence-corrected chi connectivity index (χ2v) is 6.47. The van der Waals surface area contributed by atoms with E-state index >= 15 is 0 Å². The van der Waals surface area contributed by atoms with Crippen molar-refractivity contribution in [2.45, 2.75) is 19.9 Å². The molecule has 6 nitrogen and oxygen atoms in total. The topological polar surface area (TPSA) is 68.0 Å². The van der Waals surface area contributed by atoms with Crippen LogP contribution < -0.4 is 5.32 Å². The highest BCUT2D eigenvalue weighted by molar-refractivity contribution is 6.30. The Bertz CT molecular complexity index is 1060. The molecule has 0 fully saturated rings. The number of aromatic nitrogens is 5. The molecule has 0 bridgehead atoms. The molecule has 3 heterocycles. The van der Waals surface area contributed by atoms with Crippen LogP contribution in [0.3, 0.4) is 0 Å². The molecule has 26 heavy (non-hydrogen) atoms. The first-order chi connectivity index (χ1) is 12.6. The standard InChI is InChI=1S/C19H17ClN6/c1-12-13(2)24-19-22-11-23-26(19)18(12)25-17(16-8-3-4-9-21-16)14-6-5-7-15(20)10-14/h3-11,17,25H,1-2H3. The van der Waals surface area contributed by atoms with Crippen LogP contribution in [0, 0.1) is 13.8 Å². The lowest BCUT2D eigenvalue weighted by Gasteiger charge is -2.22. The van der Waals surface area contributed by atoms with Crippen LogP contribution in [0.15, 0.2) is 55.0 Å². The maximum Gasteiger partial charge on any atom is 0.254 e. The molecule has 0 amide bonds. The van der Waals surface area contributed by atoms with Crippen LogP contribution in [0.5, 0.6) is 0 Å². The van der Waals surface area contributed by atoms with Crippen molar-refractivity contribution in [1.82, 2.24) is 24.6 Å². The van der Waals surface area contributed by atoms with Gasteiger partial charge in [0.15, 0.2) is 0 Å². The first-order valence-electron chi connectivity index (χ1n) is 8.23. The molecule has 0 saturated carbocycles. The average Bonchev–Trinajstić information content (AvgIpc) is 3.11. The second-order valence-electron chi connectivity index (χ2n) is 6.03. The summed E-state index contributed by atoms with van der Waals surface area (Å²) in [6.45, 7) is 3.98. The summed E-state index contributed by atoms with van der Waals surface area (Å²) in [5.74, 6) is 1.39. The van der Waals surface area contributed by atoms with Gasteiger partial charge in [0.05, 0.1) is 11.7 Å². The van der Waals surface area contributed by atoms with Gasteiger partial charge in [-0.2, -0.15) is 14.6 Å². The number of nitrogens with zero attached hydrogens (tertiary/aromatic N) is 5. The van der Waals surface area contributed by atoms with Gasteiger partial charge in [-0.1, -0.05) is 29.8 Å². The quantitative estimate of drug-likeness (QED) is 0.593. The van der Waals surface area contributed by atoms with Crippen molar-refractivity contribution < 1.29 is 0 Å². The summed E-state index contributed by atoms with van der Waals surface area (Å²) in [4.78, 5) is 13.2. The van der Waals surface area contributed by atoms with Crippen LogP contribution in [-0.2, 0) is 0 Å². The van der Waals surface area contributed by atoms with E-state index in [1.165, 1.54) is 6.33 Å². The van der Waals surface area contributed by atoms with Crippen molar-refractivity contribution in [1.29, 1.82) is 0 Å². The molecule has 0 aliphatic heterocycles. The molecule has 1 aromatic carbocycles. The van der Waals surface area contributed by atoms with Crippen LogP contribution in [0.25, 0.3) is 5.78 Å². The Hall–Kier alpha value is -2.99. The fourth-order valence-corrected chi connectivity index (χ4v) is 3.10. The number of pyridine rings is 1. The molecule has 130 valence electrons. The molecule has 4 rings (SSSR count). The van der Waals surface area contributed by atoms with Gasteiger partial charge < -0.3 is 5.32 Å². The highest BCUT2D eigenvalue weighted by Crippen LogP contribution is 2.29. The molecule has 1 N–H and O–H groups in total. The number of benzene rings is 1. The van der Waals surface area contributed by atoms with E-state index in [0.717, 1.165) is 28.3 Å². The van der Waals surface area contributed by atoms with E-state index in [2.05, 4.69) is 25.4 Å². The third-order valence-electron chi connectivity index (χ3n) is 4.35. The Morgan fingerprint density at radius 1 is 1.08 bits per heavy atom. The lowest BCUT2D eigenvalue weighted by atomic mass is 10.0. The Kier molecular flexibility index (Phi) is 4.26. The first kappa shape index (κ1) is 16.5. The normalized spacial score (nSPS) is 12.3. The van der Waals surface area contributed by atoms with E-state index in [9.17, 15) is 0 Å². The van der Waals surface area contributed by atoms with Crippen LogP contribution in [0.1, 0.15) is 28.6 Å². The summed E-state index contributed by atoms with van der Waals surface area (Å²) in [7, 11) is 0. The fourth-order valence-electron chi connectivity index (χ4n) is 2.90. The molecular formula is C19H17ClN6. The molecule has 1 atom stereocenters. The minimum absolute atomic E-state index is 0.192. The zero-order valence-electron chi connectivity index (χ0n) is 14.4. The number of hydrogen-bond donors (Lipinski definition) is 1. The first-order valence-corrected chi connectivity index (χ1v) is 8.61. The van der Waals surface area contributed by atoms with E-state index in [0.29, 0.717) is 10.8 Å². The fraction of sp³-hybridized carbons (Fsp3) is 0.158. The number of rotatable bonds is 4. The number of anilines is 1. The van der Waals surface area contributed by atoms with Gasteiger partial charge in [-0.3, -0.25) is 4.98 Å². The molecular weight excluding hydrogens is 348 g/mol. The summed E-state index contributed by atoms with van der Waals surface area (Å²) < 4.78 is 1.71. The van der Waals surface area contributed by atoms with Gasteiger partial charge in [-0.05, 0) is 43.7 Å². The number of aryl methyl sites for hydroxylation is 1. The number of fused-ring (bicyclic) bond motifs is 1. The van der Waals surface area contributed by atoms with E-state index in [1.54, 1.807) is 10.7 Å². The number of halogens is 1. The van der Waals surface area contributed by atoms with Gasteiger partial charge >= 0.3 is 0 Å². The molecule has 7 heteroatoms. The molecule has 1 unspecified atom stereocenters. The zero-order valence-corrected chi connectivity index (χ0v) is 15.1. The van der Waals surface area contributed by atoms with Crippen molar-refractivity contribution in [2.75, 3.05) is 5.32 Å². The van der Waals surface area contributed by atoms with E-state index in [-0.39, 0.29) is 6.04 Å². The molecule has 0 aliphatic carbocycles. The van der Waals surface area contributed by atoms with Gasteiger partial charge in [-0.15, -0.1) is 0 Å². The summed E-state index contributed by atoms with van der Waals surface area (Å²) in [5.41, 5.74) is 3.81. The number of nitrogens with one attached hydrogen (secondary N) is 1. The van der Waals surface area contributed by atoms with Crippen molar-refractivity contribution in [3.63, 3.8) is 0 Å². The van der Waals surface area contributed by atoms with Gasteiger partial charge in [0.1, 0.15) is 12.1 Å². The third kappa shape index (κ3) is 2.99. The third-order valence-corrected chi connectivity index (χ3v) is 4.59. The smallest absolute Gasteiger partial charge is 0.254 e. The predicted octanol–water partition coefficient (Wildman–Crippen LogP) is 3.99. The van der Waals surface area contributed by atoms with Crippen LogP contribution >= 0.6 is 11.6 Å². The largest absolute Gasteiger partial charge is 0.357 e. The molecule has 3 aromatic heterocycles. The van der Waals surface area contributed by atoms with Crippen LogP contribution in [0.2, 0.25) is 5.02 Å². The molecule has 0 saturated heterocycles. The minimum Gasteiger partial charge on any atom is -0.357 e. The highest BCUT2D eigenvalue weighted by atomic mass is 35.5. The molecule has 0 spiro atoms.